The van der Waals surface area contributed by atoms with Gasteiger partial charge in [-0.05, 0) is 6.42 Å². The van der Waals surface area contributed by atoms with Crippen molar-refractivity contribution in [2.45, 2.75) is 33.1 Å². The lowest BCUT2D eigenvalue weighted by atomic mass is 10.4. The van der Waals surface area contributed by atoms with Crippen molar-refractivity contribution in [3.8, 4) is 0 Å². The van der Waals surface area contributed by atoms with E-state index in [1.54, 1.807) is 0 Å². The van der Waals surface area contributed by atoms with Gasteiger partial charge in [0.05, 0.1) is 0 Å². The highest BCUT2D eigenvalue weighted by Gasteiger charge is 1.93. The van der Waals surface area contributed by atoms with Crippen molar-refractivity contribution in [3.63, 3.8) is 0 Å². The molecule has 11 heavy (non-hydrogen) atoms. The van der Waals surface area contributed by atoms with Gasteiger partial charge in [-0.2, -0.15) is 0 Å². The van der Waals surface area contributed by atoms with E-state index >= 15 is 0 Å². The largest absolute Gasteiger partial charge is 0.361 e. The zero-order valence-corrected chi connectivity index (χ0v) is 7.35. The summed E-state index contributed by atoms with van der Waals surface area (Å²) in [5.41, 5.74) is 0. The lowest BCUT2D eigenvalue weighted by Gasteiger charge is -2.03. The number of hydrogen-bond acceptors (Lipinski definition) is 2. The number of carbonyl (C=O) groups is 1. The quantitative estimate of drug-likeness (QED) is 0.468. The number of rotatable bonds is 6. The summed E-state index contributed by atoms with van der Waals surface area (Å²) in [6.45, 7) is 5.02. The topological polar surface area (TPSA) is 38.3 Å². The molecule has 0 heterocycles. The molecular weight excluding hydrogens is 142 g/mol. The fourth-order valence-corrected chi connectivity index (χ4v) is 0.575. The lowest BCUT2D eigenvalue weighted by Crippen LogP contribution is -2.25. The van der Waals surface area contributed by atoms with E-state index in [-0.39, 0.29) is 5.91 Å². The molecule has 0 saturated carbocycles. The first-order valence-corrected chi connectivity index (χ1v) is 4.15. The van der Waals surface area contributed by atoms with E-state index in [1.165, 1.54) is 0 Å². The average Bonchev–Trinajstić information content (AvgIpc) is 2.04. The van der Waals surface area contributed by atoms with E-state index in [4.69, 9.17) is 4.74 Å². The van der Waals surface area contributed by atoms with Crippen molar-refractivity contribution in [3.05, 3.63) is 0 Å². The van der Waals surface area contributed by atoms with Crippen molar-refractivity contribution in [2.24, 2.45) is 0 Å². The molecule has 0 aliphatic heterocycles. The van der Waals surface area contributed by atoms with Crippen LogP contribution in [0.3, 0.4) is 0 Å². The molecule has 0 aromatic carbocycles. The normalized spacial score (nSPS) is 9.64. The molecule has 66 valence electrons. The molecule has 3 heteroatoms. The van der Waals surface area contributed by atoms with Crippen molar-refractivity contribution < 1.29 is 9.53 Å². The van der Waals surface area contributed by atoms with Gasteiger partial charge < -0.3 is 10.1 Å². The van der Waals surface area contributed by atoms with E-state index in [0.717, 1.165) is 19.4 Å². The number of amides is 1. The molecule has 3 nitrogen and oxygen atoms in total. The standard InChI is InChI=1S/C8H17NO2/c1-3-5-6-11-7-9-8(10)4-2/h3-7H2,1-2H3,(H,9,10). The lowest BCUT2D eigenvalue weighted by molar-refractivity contribution is -0.122. The maximum Gasteiger partial charge on any atom is 0.221 e. The predicted molar refractivity (Wildman–Crippen MR) is 44.2 cm³/mol. The zero-order valence-electron chi connectivity index (χ0n) is 7.35. The van der Waals surface area contributed by atoms with E-state index < -0.39 is 0 Å². The summed E-state index contributed by atoms with van der Waals surface area (Å²) in [5, 5.41) is 2.63. The molecule has 0 aromatic heterocycles. The zero-order chi connectivity index (χ0) is 8.53. The Morgan fingerprint density at radius 3 is 2.73 bits per heavy atom. The number of unbranched alkanes of at least 4 members (excludes halogenated alkanes) is 1. The number of nitrogens with one attached hydrogen (secondary N) is 1. The van der Waals surface area contributed by atoms with Crippen LogP contribution in [-0.4, -0.2) is 19.2 Å². The maximum atomic E-state index is 10.7. The predicted octanol–water partition coefficient (Wildman–Crippen LogP) is 1.29. The average molecular weight is 159 g/mol. The minimum Gasteiger partial charge on any atom is -0.361 e. The Morgan fingerprint density at radius 1 is 1.45 bits per heavy atom. The van der Waals surface area contributed by atoms with Gasteiger partial charge >= 0.3 is 0 Å². The Balaban J connectivity index is 2.95. The molecule has 0 aromatic rings. The molecule has 0 aliphatic carbocycles. The first-order chi connectivity index (χ1) is 5.31. The van der Waals surface area contributed by atoms with Crippen LogP contribution in [-0.2, 0) is 9.53 Å². The Labute approximate surface area is 68.1 Å². The molecule has 0 radical (unpaired) electrons. The van der Waals surface area contributed by atoms with Crippen molar-refractivity contribution in [1.29, 1.82) is 0 Å². The summed E-state index contributed by atoms with van der Waals surface area (Å²) in [6, 6.07) is 0. The highest BCUT2D eigenvalue weighted by Crippen LogP contribution is 1.86. The SMILES string of the molecule is CCCCOCNC(=O)CC. The van der Waals surface area contributed by atoms with Gasteiger partial charge in [-0.15, -0.1) is 0 Å². The molecule has 1 amide bonds. The second-order valence-electron chi connectivity index (χ2n) is 2.36. The van der Waals surface area contributed by atoms with Gasteiger partial charge in [0.2, 0.25) is 5.91 Å². The Hall–Kier alpha value is -0.570. The molecule has 0 fully saturated rings. The smallest absolute Gasteiger partial charge is 0.221 e. The molecule has 0 aliphatic rings. The fourth-order valence-electron chi connectivity index (χ4n) is 0.575. The maximum absolute atomic E-state index is 10.7. The van der Waals surface area contributed by atoms with E-state index in [9.17, 15) is 4.79 Å². The fraction of sp³-hybridized carbons (Fsp3) is 0.875. The van der Waals surface area contributed by atoms with Crippen LogP contribution in [0.4, 0.5) is 0 Å². The molecule has 0 saturated heterocycles. The first-order valence-electron chi connectivity index (χ1n) is 4.15. The van der Waals surface area contributed by atoms with Gasteiger partial charge in [0.25, 0.3) is 0 Å². The van der Waals surface area contributed by atoms with E-state index in [2.05, 4.69) is 12.2 Å². The molecular formula is C8H17NO2. The summed E-state index contributed by atoms with van der Waals surface area (Å²) in [4.78, 5) is 10.7. The van der Waals surface area contributed by atoms with Gasteiger partial charge in [-0.3, -0.25) is 4.79 Å². The van der Waals surface area contributed by atoms with Crippen LogP contribution >= 0.6 is 0 Å². The van der Waals surface area contributed by atoms with E-state index in [1.807, 2.05) is 6.92 Å². The third-order valence-electron chi connectivity index (χ3n) is 1.33. The summed E-state index contributed by atoms with van der Waals surface area (Å²) in [6.07, 6.45) is 2.71. The second-order valence-corrected chi connectivity index (χ2v) is 2.36. The van der Waals surface area contributed by atoms with Crippen LogP contribution in [0, 0.1) is 0 Å². The van der Waals surface area contributed by atoms with E-state index in [0.29, 0.717) is 13.2 Å². The monoisotopic (exact) mass is 159 g/mol. The van der Waals surface area contributed by atoms with Crippen LogP contribution < -0.4 is 5.32 Å². The first kappa shape index (κ1) is 10.4. The number of hydrogen-bond donors (Lipinski definition) is 1. The van der Waals surface area contributed by atoms with Crippen LogP contribution in [0.5, 0.6) is 0 Å². The van der Waals surface area contributed by atoms with Gasteiger partial charge in [-0.25, -0.2) is 0 Å². The number of ether oxygens (including phenoxy) is 1. The van der Waals surface area contributed by atoms with Crippen LogP contribution in [0.15, 0.2) is 0 Å². The third-order valence-corrected chi connectivity index (χ3v) is 1.33. The van der Waals surface area contributed by atoms with Gasteiger partial charge in [-0.1, -0.05) is 20.3 Å². The molecule has 0 atom stereocenters. The Kier molecular flexibility index (Phi) is 7.15. The Bertz CT molecular complexity index is 104. The van der Waals surface area contributed by atoms with Gasteiger partial charge in [0.1, 0.15) is 6.73 Å². The molecule has 0 unspecified atom stereocenters. The summed E-state index contributed by atoms with van der Waals surface area (Å²) < 4.78 is 5.11. The van der Waals surface area contributed by atoms with Gasteiger partial charge in [0.15, 0.2) is 0 Å². The third kappa shape index (κ3) is 7.33. The Morgan fingerprint density at radius 2 is 2.18 bits per heavy atom. The van der Waals surface area contributed by atoms with Crippen molar-refractivity contribution >= 4 is 5.91 Å². The molecule has 0 spiro atoms. The minimum absolute atomic E-state index is 0.0431. The minimum atomic E-state index is 0.0431. The summed E-state index contributed by atoms with van der Waals surface area (Å²) in [7, 11) is 0. The highest BCUT2D eigenvalue weighted by molar-refractivity contribution is 5.75. The van der Waals surface area contributed by atoms with Gasteiger partial charge in [0, 0.05) is 13.0 Å². The molecule has 1 N–H and O–H groups in total. The van der Waals surface area contributed by atoms with Crippen LogP contribution in [0.1, 0.15) is 33.1 Å². The van der Waals surface area contributed by atoms with Crippen molar-refractivity contribution in [1.82, 2.24) is 5.32 Å². The van der Waals surface area contributed by atoms with Crippen LogP contribution in [0.2, 0.25) is 0 Å². The second kappa shape index (κ2) is 7.54. The summed E-state index contributed by atoms with van der Waals surface area (Å²) in [5.74, 6) is 0.0431. The molecule has 0 bridgehead atoms. The highest BCUT2D eigenvalue weighted by atomic mass is 16.5. The molecule has 0 rings (SSSR count). The number of carbonyl (C=O) groups excluding carboxylic acids is 1. The van der Waals surface area contributed by atoms with Crippen molar-refractivity contribution in [2.75, 3.05) is 13.3 Å². The summed E-state index contributed by atoms with van der Waals surface area (Å²) >= 11 is 0. The van der Waals surface area contributed by atoms with Crippen LogP contribution in [0.25, 0.3) is 0 Å².